The molecule has 13 aromatic rings. The first-order valence-corrected chi connectivity index (χ1v) is 29.1. The third-order valence-electron chi connectivity index (χ3n) is 18.7. The van der Waals surface area contributed by atoms with Crippen LogP contribution in [-0.4, -0.2) is 0 Å². The third kappa shape index (κ3) is 7.12. The molecule has 0 unspecified atom stereocenters. The second-order valence-corrected chi connectivity index (χ2v) is 23.5. The number of para-hydroxylation sites is 6. The van der Waals surface area contributed by atoms with Gasteiger partial charge in [-0.15, -0.1) is 0 Å². The minimum absolute atomic E-state index is 0.384. The summed E-state index contributed by atoms with van der Waals surface area (Å²) in [5.74, 6) is 1.05. The Labute approximate surface area is 461 Å². The van der Waals surface area contributed by atoms with E-state index in [4.69, 9.17) is 8.83 Å². The van der Waals surface area contributed by atoms with Crippen LogP contribution < -0.4 is 9.80 Å². The Hall–Kier alpha value is -8.60. The average Bonchev–Trinajstić information content (AvgIpc) is 4.30. The van der Waals surface area contributed by atoms with Crippen LogP contribution in [0.5, 0.6) is 0 Å². The van der Waals surface area contributed by atoms with Gasteiger partial charge in [0.25, 0.3) is 0 Å². The lowest BCUT2D eigenvalue weighted by atomic mass is 9.79. The number of benzene rings is 11. The van der Waals surface area contributed by atoms with Crippen molar-refractivity contribution in [3.05, 3.63) is 229 Å². The van der Waals surface area contributed by atoms with Gasteiger partial charge in [-0.3, -0.25) is 0 Å². The Bertz CT molecular complexity index is 4550. The Balaban J connectivity index is 0.899. The summed E-state index contributed by atoms with van der Waals surface area (Å²) in [4.78, 5) is 4.90. The van der Waals surface area contributed by atoms with Gasteiger partial charge >= 0.3 is 0 Å². The number of furan rings is 2. The van der Waals surface area contributed by atoms with Crippen molar-refractivity contribution < 1.29 is 8.83 Å². The first-order valence-electron chi connectivity index (χ1n) is 29.1. The van der Waals surface area contributed by atoms with Crippen LogP contribution in [0, 0.1) is 0 Å². The summed E-state index contributed by atoms with van der Waals surface area (Å²) in [6.45, 7) is 4.91. The zero-order valence-electron chi connectivity index (χ0n) is 45.1. The molecule has 3 aliphatic carbocycles. The standard InChI is InChI=1S/C75H62N2O2/c1-75(2)64-46-67(77(50-29-13-6-14-30-50)66-42-22-40-62-60-38-20-36-53(72(60)79-74(62)66)48-25-9-4-10-26-48)55-32-16-18-34-57(55)68(64)69-56-33-17-15-31-54(56)63-45-51(43-44-58(63)70(69)75)76(49-27-11-5-12-28-49)65-41-21-39-61-59-37-19-35-52(71(59)78-73(61)65)47-23-7-3-8-24-47/h5-6,11-22,27-48H,3-4,7-10,23-26H2,1-2H3. The number of hydrogen-bond acceptors (Lipinski definition) is 4. The molecule has 0 N–H and O–H groups in total. The largest absolute Gasteiger partial charge is 0.454 e. The number of rotatable bonds is 8. The lowest BCUT2D eigenvalue weighted by Crippen LogP contribution is -2.17. The molecule has 2 aromatic heterocycles. The molecule has 0 amide bonds. The van der Waals surface area contributed by atoms with Crippen molar-refractivity contribution in [1.29, 1.82) is 0 Å². The highest BCUT2D eigenvalue weighted by Crippen LogP contribution is 2.60. The smallest absolute Gasteiger partial charge is 0.159 e. The number of nitrogens with zero attached hydrogens (tertiary/aromatic N) is 2. The minimum Gasteiger partial charge on any atom is -0.454 e. The summed E-state index contributed by atoms with van der Waals surface area (Å²) in [6.07, 6.45) is 12.7. The lowest BCUT2D eigenvalue weighted by molar-refractivity contribution is 0.442. The van der Waals surface area contributed by atoms with Gasteiger partial charge in [-0.2, -0.15) is 0 Å². The van der Waals surface area contributed by atoms with Crippen molar-refractivity contribution >= 4 is 110 Å². The lowest BCUT2D eigenvalue weighted by Gasteiger charge is -2.30. The summed E-state index contributed by atoms with van der Waals surface area (Å²) < 4.78 is 14.5. The summed E-state index contributed by atoms with van der Waals surface area (Å²) in [5, 5.41) is 12.2. The van der Waals surface area contributed by atoms with E-state index in [1.165, 1.54) is 141 Å². The van der Waals surface area contributed by atoms with Crippen LogP contribution in [0.4, 0.5) is 34.1 Å². The van der Waals surface area contributed by atoms with Crippen LogP contribution in [0.15, 0.2) is 215 Å². The van der Waals surface area contributed by atoms with Gasteiger partial charge in [0.15, 0.2) is 11.2 Å². The summed E-state index contributed by atoms with van der Waals surface area (Å²) in [7, 11) is 0. The molecule has 2 fully saturated rings. The van der Waals surface area contributed by atoms with E-state index in [0.29, 0.717) is 11.8 Å². The Kier molecular flexibility index (Phi) is 10.7. The summed E-state index contributed by atoms with van der Waals surface area (Å²) in [6, 6.07) is 76.9. The van der Waals surface area contributed by atoms with Gasteiger partial charge in [-0.1, -0.05) is 204 Å². The molecule has 79 heavy (non-hydrogen) atoms. The first kappa shape index (κ1) is 46.5. The maximum Gasteiger partial charge on any atom is 0.159 e. The van der Waals surface area contributed by atoms with Crippen molar-refractivity contribution in [3.63, 3.8) is 0 Å². The molecule has 0 radical (unpaired) electrons. The fourth-order valence-corrected chi connectivity index (χ4v) is 15.1. The molecular formula is C75H62N2O2. The predicted octanol–water partition coefficient (Wildman–Crippen LogP) is 22.3. The van der Waals surface area contributed by atoms with Gasteiger partial charge in [0.05, 0.1) is 17.1 Å². The van der Waals surface area contributed by atoms with Crippen LogP contribution >= 0.6 is 0 Å². The van der Waals surface area contributed by atoms with Crippen LogP contribution in [0.25, 0.3) is 87.3 Å². The van der Waals surface area contributed by atoms with Crippen LogP contribution in [0.3, 0.4) is 0 Å². The Morgan fingerprint density at radius 2 is 0.785 bits per heavy atom. The van der Waals surface area contributed by atoms with E-state index in [9.17, 15) is 0 Å². The van der Waals surface area contributed by atoms with E-state index in [1.807, 2.05) is 0 Å². The third-order valence-corrected chi connectivity index (χ3v) is 18.7. The molecule has 4 nitrogen and oxygen atoms in total. The second kappa shape index (κ2) is 18.2. The number of anilines is 6. The highest BCUT2D eigenvalue weighted by molar-refractivity contribution is 6.24. The van der Waals surface area contributed by atoms with Gasteiger partial charge in [0, 0.05) is 49.4 Å². The van der Waals surface area contributed by atoms with Gasteiger partial charge in [0.2, 0.25) is 0 Å². The maximum atomic E-state index is 7.28. The fourth-order valence-electron chi connectivity index (χ4n) is 15.1. The maximum absolute atomic E-state index is 7.28. The molecule has 4 heteroatoms. The summed E-state index contributed by atoms with van der Waals surface area (Å²) >= 11 is 0. The van der Waals surface area contributed by atoms with E-state index in [2.05, 4.69) is 230 Å². The molecule has 3 aliphatic rings. The summed E-state index contributed by atoms with van der Waals surface area (Å²) in [5.41, 5.74) is 18.1. The van der Waals surface area contributed by atoms with Crippen molar-refractivity contribution in [2.75, 3.05) is 9.80 Å². The fraction of sp³-hybridized carbons (Fsp3) is 0.200. The molecule has 0 aliphatic heterocycles. The molecule has 0 saturated heterocycles. The van der Waals surface area contributed by atoms with Crippen molar-refractivity contribution in [2.24, 2.45) is 0 Å². The van der Waals surface area contributed by atoms with E-state index in [-0.39, 0.29) is 5.41 Å². The zero-order valence-corrected chi connectivity index (χ0v) is 45.1. The van der Waals surface area contributed by atoms with E-state index >= 15 is 0 Å². The van der Waals surface area contributed by atoms with E-state index in [0.717, 1.165) is 67.2 Å². The normalized spacial score (nSPS) is 15.7. The van der Waals surface area contributed by atoms with Gasteiger partial charge in [-0.05, 0) is 152 Å². The quantitative estimate of drug-likeness (QED) is 0.142. The number of hydrogen-bond donors (Lipinski definition) is 0. The Morgan fingerprint density at radius 1 is 0.329 bits per heavy atom. The second-order valence-electron chi connectivity index (χ2n) is 23.5. The van der Waals surface area contributed by atoms with Gasteiger partial charge in [0.1, 0.15) is 11.2 Å². The molecule has 0 atom stereocenters. The zero-order chi connectivity index (χ0) is 52.3. The molecule has 0 spiro atoms. The molecule has 2 saturated carbocycles. The SMILES string of the molecule is CC1(C)c2cc(N(c3ccccc3)c3cccc4c3oc3c(C5CCCCC5)cccc34)c3ccccc3c2-c2c1c1ccc(N(c3ccccc3)c3cccc4c3oc3c(C5CCCCC5)cccc34)cc1c1ccccc21. The van der Waals surface area contributed by atoms with Gasteiger partial charge in [-0.25, -0.2) is 0 Å². The molecule has 2 heterocycles. The highest BCUT2D eigenvalue weighted by Gasteiger charge is 2.41. The van der Waals surface area contributed by atoms with Crippen LogP contribution in [0.1, 0.15) is 112 Å². The predicted molar refractivity (Wildman–Crippen MR) is 332 cm³/mol. The van der Waals surface area contributed by atoms with Crippen molar-refractivity contribution in [3.8, 4) is 11.1 Å². The van der Waals surface area contributed by atoms with Crippen LogP contribution in [-0.2, 0) is 5.41 Å². The van der Waals surface area contributed by atoms with E-state index in [1.54, 1.807) is 0 Å². The average molecular weight is 1020 g/mol. The van der Waals surface area contributed by atoms with Crippen LogP contribution in [0.2, 0.25) is 0 Å². The minimum atomic E-state index is -0.384. The van der Waals surface area contributed by atoms with Crippen molar-refractivity contribution in [2.45, 2.75) is 95.3 Å². The molecule has 11 aromatic carbocycles. The Morgan fingerprint density at radius 3 is 1.35 bits per heavy atom. The molecule has 384 valence electrons. The highest BCUT2D eigenvalue weighted by atomic mass is 16.3. The molecule has 16 rings (SSSR count). The first-order chi connectivity index (χ1) is 39.0. The monoisotopic (exact) mass is 1020 g/mol. The van der Waals surface area contributed by atoms with Gasteiger partial charge < -0.3 is 18.6 Å². The number of fused-ring (bicyclic) bond motifs is 16. The topological polar surface area (TPSA) is 32.8 Å². The van der Waals surface area contributed by atoms with E-state index < -0.39 is 0 Å². The van der Waals surface area contributed by atoms with Crippen molar-refractivity contribution in [1.82, 2.24) is 0 Å². The molecular weight excluding hydrogens is 961 g/mol. The molecule has 0 bridgehead atoms.